The summed E-state index contributed by atoms with van der Waals surface area (Å²) in [6.07, 6.45) is 0.850. The highest BCUT2D eigenvalue weighted by Crippen LogP contribution is 2.24. The van der Waals surface area contributed by atoms with Gasteiger partial charge in [0.25, 0.3) is 0 Å². The number of carbonyl (C=O) groups is 2. The fourth-order valence-electron chi connectivity index (χ4n) is 3.80. The van der Waals surface area contributed by atoms with E-state index in [-0.39, 0.29) is 41.6 Å². The molecular weight excluding hydrogens is 426 g/mol. The normalized spacial score (nSPS) is 16.5. The van der Waals surface area contributed by atoms with Crippen molar-refractivity contribution in [3.05, 3.63) is 66.2 Å². The van der Waals surface area contributed by atoms with E-state index in [0.29, 0.717) is 19.4 Å². The zero-order chi connectivity index (χ0) is 23.1. The number of nitrogens with one attached hydrogen (secondary N) is 2. The van der Waals surface area contributed by atoms with Crippen molar-refractivity contribution in [3.8, 4) is 0 Å². The molecule has 1 aliphatic heterocycles. The summed E-state index contributed by atoms with van der Waals surface area (Å²) in [7, 11) is -3.56. The Bertz CT molecular complexity index is 1000. The first-order chi connectivity index (χ1) is 15.3. The van der Waals surface area contributed by atoms with Gasteiger partial charge in [0.1, 0.15) is 6.04 Å². The molecule has 1 heterocycles. The van der Waals surface area contributed by atoms with E-state index in [0.717, 1.165) is 5.56 Å². The molecule has 0 bridgehead atoms. The molecule has 8 heteroatoms. The maximum atomic E-state index is 12.9. The van der Waals surface area contributed by atoms with Gasteiger partial charge in [-0.15, -0.1) is 0 Å². The standard InChI is InChI=1S/C24H31N3O4S/c1-18(2)22(24(29)25-17-19-9-5-3-6-10-19)26-23(28)20-13-15-27(16-14-20)32(30,31)21-11-7-4-8-12-21/h3-12,18,20,22H,13-17H2,1-2H3,(H,25,29)(H,26,28)/t22-/m1/s1. The summed E-state index contributed by atoms with van der Waals surface area (Å²) < 4.78 is 27.0. The van der Waals surface area contributed by atoms with Gasteiger partial charge in [0.2, 0.25) is 21.8 Å². The summed E-state index contributed by atoms with van der Waals surface area (Å²) in [6.45, 7) is 4.74. The van der Waals surface area contributed by atoms with Crippen LogP contribution >= 0.6 is 0 Å². The van der Waals surface area contributed by atoms with Gasteiger partial charge in [-0.2, -0.15) is 4.31 Å². The van der Waals surface area contributed by atoms with Crippen LogP contribution in [-0.2, 0) is 26.2 Å². The van der Waals surface area contributed by atoms with E-state index in [2.05, 4.69) is 10.6 Å². The third-order valence-electron chi connectivity index (χ3n) is 5.76. The second kappa shape index (κ2) is 10.7. The average molecular weight is 458 g/mol. The Morgan fingerprint density at radius 2 is 1.53 bits per heavy atom. The fraction of sp³-hybridized carbons (Fsp3) is 0.417. The highest BCUT2D eigenvalue weighted by molar-refractivity contribution is 7.89. The lowest BCUT2D eigenvalue weighted by Crippen LogP contribution is -2.52. The molecule has 0 saturated carbocycles. The first-order valence-corrected chi connectivity index (χ1v) is 12.4. The van der Waals surface area contributed by atoms with Gasteiger partial charge in [0.05, 0.1) is 4.90 Å². The van der Waals surface area contributed by atoms with Crippen LogP contribution in [0.4, 0.5) is 0 Å². The number of hydrogen-bond donors (Lipinski definition) is 2. The van der Waals surface area contributed by atoms with Crippen molar-refractivity contribution >= 4 is 21.8 Å². The Balaban J connectivity index is 1.54. The van der Waals surface area contributed by atoms with Crippen molar-refractivity contribution < 1.29 is 18.0 Å². The molecule has 2 aromatic carbocycles. The first kappa shape index (κ1) is 23.9. The van der Waals surface area contributed by atoms with Gasteiger partial charge in [0, 0.05) is 25.6 Å². The van der Waals surface area contributed by atoms with Crippen LogP contribution in [0.3, 0.4) is 0 Å². The molecular formula is C24H31N3O4S. The van der Waals surface area contributed by atoms with Crippen molar-refractivity contribution in [2.75, 3.05) is 13.1 Å². The molecule has 1 atom stereocenters. The summed E-state index contributed by atoms with van der Waals surface area (Å²) in [5.74, 6) is -0.815. The number of piperidine rings is 1. The van der Waals surface area contributed by atoms with Crippen LogP contribution in [0, 0.1) is 11.8 Å². The molecule has 2 amide bonds. The van der Waals surface area contributed by atoms with Gasteiger partial charge in [-0.1, -0.05) is 62.4 Å². The zero-order valence-electron chi connectivity index (χ0n) is 18.5. The van der Waals surface area contributed by atoms with Gasteiger partial charge in [0.15, 0.2) is 0 Å². The minimum absolute atomic E-state index is 0.0757. The van der Waals surface area contributed by atoms with Gasteiger partial charge in [-0.25, -0.2) is 8.42 Å². The van der Waals surface area contributed by atoms with Crippen molar-refractivity contribution in [1.82, 2.24) is 14.9 Å². The molecule has 172 valence electrons. The molecule has 7 nitrogen and oxygen atoms in total. The SMILES string of the molecule is CC(C)[C@@H](NC(=O)C1CCN(S(=O)(=O)c2ccccc2)CC1)C(=O)NCc1ccccc1. The average Bonchev–Trinajstić information content (AvgIpc) is 2.82. The molecule has 32 heavy (non-hydrogen) atoms. The van der Waals surface area contributed by atoms with Crippen LogP contribution < -0.4 is 10.6 Å². The summed E-state index contributed by atoms with van der Waals surface area (Å²) in [4.78, 5) is 25.8. The van der Waals surface area contributed by atoms with E-state index in [1.165, 1.54) is 4.31 Å². The Hall–Kier alpha value is -2.71. The molecule has 1 fully saturated rings. The maximum absolute atomic E-state index is 12.9. The lowest BCUT2D eigenvalue weighted by atomic mass is 9.95. The minimum Gasteiger partial charge on any atom is -0.350 e. The predicted octanol–water partition coefficient (Wildman–Crippen LogP) is 2.54. The molecule has 0 aliphatic carbocycles. The van der Waals surface area contributed by atoms with Gasteiger partial charge >= 0.3 is 0 Å². The molecule has 1 aliphatic rings. The quantitative estimate of drug-likeness (QED) is 0.637. The summed E-state index contributed by atoms with van der Waals surface area (Å²) in [6, 6.07) is 17.3. The molecule has 0 spiro atoms. The number of amides is 2. The van der Waals surface area contributed by atoms with E-state index >= 15 is 0 Å². The smallest absolute Gasteiger partial charge is 0.243 e. The Morgan fingerprint density at radius 3 is 2.09 bits per heavy atom. The third kappa shape index (κ3) is 5.95. The van der Waals surface area contributed by atoms with Crippen molar-refractivity contribution in [2.24, 2.45) is 11.8 Å². The van der Waals surface area contributed by atoms with E-state index < -0.39 is 16.1 Å². The lowest BCUT2D eigenvalue weighted by molar-refractivity contribution is -0.132. The molecule has 0 unspecified atom stereocenters. The van der Waals surface area contributed by atoms with Crippen LogP contribution in [0.5, 0.6) is 0 Å². The maximum Gasteiger partial charge on any atom is 0.243 e. The summed E-state index contributed by atoms with van der Waals surface area (Å²) in [5, 5.41) is 5.78. The summed E-state index contributed by atoms with van der Waals surface area (Å²) >= 11 is 0. The molecule has 3 rings (SSSR count). The number of rotatable bonds is 8. The first-order valence-electron chi connectivity index (χ1n) is 11.0. The zero-order valence-corrected chi connectivity index (χ0v) is 19.3. The predicted molar refractivity (Wildman–Crippen MR) is 123 cm³/mol. The van der Waals surface area contributed by atoms with E-state index in [1.54, 1.807) is 30.3 Å². The number of carbonyl (C=O) groups excluding carboxylic acids is 2. The van der Waals surface area contributed by atoms with Crippen LogP contribution in [0.1, 0.15) is 32.3 Å². The fourth-order valence-corrected chi connectivity index (χ4v) is 5.29. The third-order valence-corrected chi connectivity index (χ3v) is 7.68. The number of sulfonamides is 1. The second-order valence-corrected chi connectivity index (χ2v) is 10.4. The second-order valence-electron chi connectivity index (χ2n) is 8.43. The van der Waals surface area contributed by atoms with E-state index in [4.69, 9.17) is 0 Å². The van der Waals surface area contributed by atoms with Gasteiger partial charge in [-0.05, 0) is 36.5 Å². The lowest BCUT2D eigenvalue weighted by Gasteiger charge is -2.32. The Labute approximate surface area is 190 Å². The Kier molecular flexibility index (Phi) is 8.04. The highest BCUT2D eigenvalue weighted by atomic mass is 32.2. The van der Waals surface area contributed by atoms with Crippen molar-refractivity contribution in [2.45, 2.75) is 44.2 Å². The number of nitrogens with zero attached hydrogens (tertiary/aromatic N) is 1. The topological polar surface area (TPSA) is 95.6 Å². The van der Waals surface area contributed by atoms with Gasteiger partial charge < -0.3 is 10.6 Å². The molecule has 0 radical (unpaired) electrons. The highest BCUT2D eigenvalue weighted by Gasteiger charge is 2.34. The van der Waals surface area contributed by atoms with Gasteiger partial charge in [-0.3, -0.25) is 9.59 Å². The molecule has 2 N–H and O–H groups in total. The monoisotopic (exact) mass is 457 g/mol. The largest absolute Gasteiger partial charge is 0.350 e. The Morgan fingerprint density at radius 1 is 0.969 bits per heavy atom. The molecule has 1 saturated heterocycles. The molecule has 2 aromatic rings. The van der Waals surface area contributed by atoms with Crippen molar-refractivity contribution in [1.29, 1.82) is 0 Å². The van der Waals surface area contributed by atoms with E-state index in [9.17, 15) is 18.0 Å². The molecule has 0 aromatic heterocycles. The summed E-state index contributed by atoms with van der Waals surface area (Å²) in [5.41, 5.74) is 0.988. The van der Waals surface area contributed by atoms with Crippen LogP contribution in [0.15, 0.2) is 65.6 Å². The van der Waals surface area contributed by atoms with Crippen LogP contribution in [-0.4, -0.2) is 43.7 Å². The number of hydrogen-bond acceptors (Lipinski definition) is 4. The van der Waals surface area contributed by atoms with Crippen LogP contribution in [0.2, 0.25) is 0 Å². The van der Waals surface area contributed by atoms with Crippen molar-refractivity contribution in [3.63, 3.8) is 0 Å². The minimum atomic E-state index is -3.56. The number of benzene rings is 2. The van der Waals surface area contributed by atoms with E-state index in [1.807, 2.05) is 44.2 Å². The van der Waals surface area contributed by atoms with Crippen LogP contribution in [0.25, 0.3) is 0 Å².